The second-order valence-electron chi connectivity index (χ2n) is 6.06. The average molecular weight is 350 g/mol. The van der Waals surface area contributed by atoms with Crippen LogP contribution in [0.4, 0.5) is 5.69 Å². The third kappa shape index (κ3) is 4.66. The fraction of sp³-hybridized carbons (Fsp3) is 0.250. The lowest BCUT2D eigenvalue weighted by Gasteiger charge is -2.20. The monoisotopic (exact) mass is 349 g/mol. The first kappa shape index (κ1) is 17.7. The van der Waals surface area contributed by atoms with Crippen LogP contribution < -0.4 is 10.1 Å². The lowest BCUT2D eigenvalue weighted by molar-refractivity contribution is -0.384. The number of rotatable bonds is 4. The van der Waals surface area contributed by atoms with E-state index in [1.165, 1.54) is 30.5 Å². The van der Waals surface area contributed by atoms with E-state index in [2.05, 4.69) is 10.3 Å². The molecule has 1 heterocycles. The fourth-order valence-electron chi connectivity index (χ4n) is 1.79. The molecule has 0 bridgehead atoms. The highest BCUT2D eigenvalue weighted by Crippen LogP contribution is 2.32. The summed E-state index contributed by atoms with van der Waals surface area (Å²) in [5, 5.41) is 13.6. The predicted octanol–water partition coefficient (Wildman–Crippen LogP) is 3.96. The lowest BCUT2D eigenvalue weighted by atomic mass is 10.1. The molecule has 2 rings (SSSR count). The molecule has 0 aliphatic carbocycles. The molecule has 7 nitrogen and oxygen atoms in total. The van der Waals surface area contributed by atoms with Crippen LogP contribution in [0.3, 0.4) is 0 Å². The number of non-ortho nitro benzene ring substituents is 1. The number of halogens is 1. The molecule has 2 aromatic rings. The van der Waals surface area contributed by atoms with Gasteiger partial charge in [0.2, 0.25) is 0 Å². The zero-order chi connectivity index (χ0) is 17.9. The molecule has 0 spiro atoms. The topological polar surface area (TPSA) is 94.4 Å². The molecular formula is C16H16ClN3O4. The van der Waals surface area contributed by atoms with Crippen LogP contribution in [0, 0.1) is 10.1 Å². The zero-order valence-electron chi connectivity index (χ0n) is 13.4. The minimum atomic E-state index is -0.542. The fourth-order valence-corrected chi connectivity index (χ4v) is 2.01. The highest BCUT2D eigenvalue weighted by Gasteiger charge is 2.16. The van der Waals surface area contributed by atoms with E-state index < -0.39 is 4.92 Å². The minimum Gasteiger partial charge on any atom is -0.454 e. The molecule has 1 amide bonds. The summed E-state index contributed by atoms with van der Waals surface area (Å²) in [5.74, 6) is 0.330. The Kier molecular flexibility index (Phi) is 5.04. The molecule has 0 atom stereocenters. The summed E-state index contributed by atoms with van der Waals surface area (Å²) in [6, 6.07) is 6.99. The van der Waals surface area contributed by atoms with E-state index in [4.69, 9.17) is 16.3 Å². The number of hydrogen-bond acceptors (Lipinski definition) is 5. The van der Waals surface area contributed by atoms with Crippen molar-refractivity contribution in [2.45, 2.75) is 26.3 Å². The minimum absolute atomic E-state index is 0.110. The molecule has 0 unspecified atom stereocenters. The van der Waals surface area contributed by atoms with E-state index in [1.807, 2.05) is 20.8 Å². The summed E-state index contributed by atoms with van der Waals surface area (Å²) in [7, 11) is 0. The number of nitro groups is 1. The number of carbonyl (C=O) groups excluding carboxylic acids is 1. The Hall–Kier alpha value is -2.67. The third-order valence-corrected chi connectivity index (χ3v) is 3.11. The number of benzene rings is 1. The molecule has 1 aromatic carbocycles. The molecule has 0 aliphatic heterocycles. The van der Waals surface area contributed by atoms with E-state index in [-0.39, 0.29) is 33.6 Å². The lowest BCUT2D eigenvalue weighted by Crippen LogP contribution is -2.40. The van der Waals surface area contributed by atoms with E-state index in [0.717, 1.165) is 0 Å². The van der Waals surface area contributed by atoms with Crippen LogP contribution in [0.2, 0.25) is 5.02 Å². The second kappa shape index (κ2) is 6.84. The number of nitro benzene ring substituents is 1. The molecule has 8 heteroatoms. The highest BCUT2D eigenvalue weighted by molar-refractivity contribution is 6.32. The Bertz CT molecular complexity index is 770. The number of ether oxygens (including phenoxy) is 1. The van der Waals surface area contributed by atoms with E-state index in [9.17, 15) is 14.9 Å². The number of aromatic nitrogens is 1. The second-order valence-corrected chi connectivity index (χ2v) is 6.46. The number of nitrogens with one attached hydrogen (secondary N) is 1. The van der Waals surface area contributed by atoms with Crippen molar-refractivity contribution in [2.24, 2.45) is 0 Å². The third-order valence-electron chi connectivity index (χ3n) is 2.81. The van der Waals surface area contributed by atoms with Gasteiger partial charge >= 0.3 is 0 Å². The summed E-state index contributed by atoms with van der Waals surface area (Å²) in [5.41, 5.74) is -0.230. The normalized spacial score (nSPS) is 11.0. The van der Waals surface area contributed by atoms with Crippen molar-refractivity contribution < 1.29 is 14.5 Å². The van der Waals surface area contributed by atoms with Gasteiger partial charge in [-0.05, 0) is 39.0 Å². The Morgan fingerprint density at radius 3 is 2.50 bits per heavy atom. The van der Waals surface area contributed by atoms with Crippen LogP contribution >= 0.6 is 11.6 Å². The Labute approximate surface area is 143 Å². The van der Waals surface area contributed by atoms with Gasteiger partial charge in [-0.2, -0.15) is 0 Å². The van der Waals surface area contributed by atoms with Gasteiger partial charge in [-0.1, -0.05) is 11.6 Å². The summed E-state index contributed by atoms with van der Waals surface area (Å²) >= 11 is 5.96. The highest BCUT2D eigenvalue weighted by atomic mass is 35.5. The van der Waals surface area contributed by atoms with Crippen LogP contribution in [0.1, 0.15) is 31.3 Å². The standard InChI is InChI=1S/C16H16ClN3O4/c1-16(2,3)19-15(21)13-6-5-11(9-18-13)24-14-7-4-10(20(22)23)8-12(14)17/h4-9H,1-3H3,(H,19,21). The summed E-state index contributed by atoms with van der Waals surface area (Å²) < 4.78 is 5.53. The molecule has 126 valence electrons. The van der Waals surface area contributed by atoms with Crippen LogP contribution in [0.25, 0.3) is 0 Å². The largest absolute Gasteiger partial charge is 0.454 e. The smallest absolute Gasteiger partial charge is 0.271 e. The van der Waals surface area contributed by atoms with Crippen LogP contribution in [-0.4, -0.2) is 21.4 Å². The first-order valence-corrected chi connectivity index (χ1v) is 7.44. The zero-order valence-corrected chi connectivity index (χ0v) is 14.1. The molecule has 0 aliphatic rings. The first-order valence-electron chi connectivity index (χ1n) is 7.06. The Morgan fingerprint density at radius 2 is 2.00 bits per heavy atom. The average Bonchev–Trinajstić information content (AvgIpc) is 2.48. The van der Waals surface area contributed by atoms with E-state index >= 15 is 0 Å². The molecule has 1 N–H and O–H groups in total. The van der Waals surface area contributed by atoms with Gasteiger partial charge in [-0.3, -0.25) is 14.9 Å². The molecule has 0 saturated carbocycles. The van der Waals surface area contributed by atoms with Gasteiger partial charge in [-0.15, -0.1) is 0 Å². The van der Waals surface area contributed by atoms with Crippen molar-refractivity contribution >= 4 is 23.2 Å². The van der Waals surface area contributed by atoms with Crippen molar-refractivity contribution in [3.8, 4) is 11.5 Å². The van der Waals surface area contributed by atoms with Crippen molar-refractivity contribution in [1.29, 1.82) is 0 Å². The van der Waals surface area contributed by atoms with Crippen molar-refractivity contribution in [2.75, 3.05) is 0 Å². The van der Waals surface area contributed by atoms with Gasteiger partial charge < -0.3 is 10.1 Å². The number of hydrogen-bond donors (Lipinski definition) is 1. The van der Waals surface area contributed by atoms with Crippen LogP contribution in [0.15, 0.2) is 36.5 Å². The molecule has 0 fully saturated rings. The van der Waals surface area contributed by atoms with Gasteiger partial charge in [0.1, 0.15) is 17.2 Å². The number of carbonyl (C=O) groups is 1. The van der Waals surface area contributed by atoms with Gasteiger partial charge in [0.25, 0.3) is 11.6 Å². The van der Waals surface area contributed by atoms with Crippen LogP contribution in [0.5, 0.6) is 11.5 Å². The quantitative estimate of drug-likeness (QED) is 0.665. The summed E-state index contributed by atoms with van der Waals surface area (Å²) in [6.45, 7) is 5.62. The van der Waals surface area contributed by atoms with Crippen molar-refractivity contribution in [3.05, 3.63) is 57.4 Å². The van der Waals surface area contributed by atoms with E-state index in [0.29, 0.717) is 5.75 Å². The molecular weight excluding hydrogens is 334 g/mol. The summed E-state index contributed by atoms with van der Waals surface area (Å²) in [6.07, 6.45) is 1.38. The number of nitrogens with zero attached hydrogens (tertiary/aromatic N) is 2. The molecule has 1 aromatic heterocycles. The van der Waals surface area contributed by atoms with Crippen molar-refractivity contribution in [3.63, 3.8) is 0 Å². The van der Waals surface area contributed by atoms with Crippen molar-refractivity contribution in [1.82, 2.24) is 10.3 Å². The van der Waals surface area contributed by atoms with Crippen LogP contribution in [-0.2, 0) is 0 Å². The van der Waals surface area contributed by atoms with E-state index in [1.54, 1.807) is 6.07 Å². The molecule has 0 radical (unpaired) electrons. The molecule has 0 saturated heterocycles. The van der Waals surface area contributed by atoms with Gasteiger partial charge in [0.15, 0.2) is 0 Å². The Morgan fingerprint density at radius 1 is 1.29 bits per heavy atom. The van der Waals surface area contributed by atoms with Gasteiger partial charge in [0.05, 0.1) is 16.1 Å². The first-order chi connectivity index (χ1) is 11.2. The SMILES string of the molecule is CC(C)(C)NC(=O)c1ccc(Oc2ccc([N+](=O)[O-])cc2Cl)cn1. The van der Waals surface area contributed by atoms with Gasteiger partial charge in [0, 0.05) is 17.7 Å². The maximum atomic E-state index is 12.0. The number of amides is 1. The maximum absolute atomic E-state index is 12.0. The molecule has 24 heavy (non-hydrogen) atoms. The summed E-state index contributed by atoms with van der Waals surface area (Å²) in [4.78, 5) is 26.2. The Balaban J connectivity index is 2.12. The predicted molar refractivity (Wildman–Crippen MR) is 89.6 cm³/mol. The maximum Gasteiger partial charge on any atom is 0.271 e. The number of pyridine rings is 1. The van der Waals surface area contributed by atoms with Gasteiger partial charge in [-0.25, -0.2) is 4.98 Å².